The van der Waals surface area contributed by atoms with Gasteiger partial charge in [-0.1, -0.05) is 20.8 Å². The summed E-state index contributed by atoms with van der Waals surface area (Å²) in [5.41, 5.74) is -0.228. The van der Waals surface area contributed by atoms with Crippen LogP contribution in [-0.2, 0) is 14.3 Å². The molecule has 0 unspecified atom stereocenters. The predicted octanol–water partition coefficient (Wildman–Crippen LogP) is 3.70. The van der Waals surface area contributed by atoms with Gasteiger partial charge in [0.1, 0.15) is 10.6 Å². The number of nitro groups is 1. The molecule has 0 radical (unpaired) electrons. The highest BCUT2D eigenvalue weighted by Gasteiger charge is 2.40. The van der Waals surface area contributed by atoms with Gasteiger partial charge in [-0.15, -0.1) is 0 Å². The number of hydrogen-bond donors (Lipinski definition) is 0. The van der Waals surface area contributed by atoms with E-state index in [1.54, 1.807) is 6.92 Å². The molecule has 0 atom stereocenters. The maximum Gasteiger partial charge on any atom is 0.300 e. The number of non-ortho nitro benzene ring substituents is 1. The molecular weight excluding hydrogens is 338 g/mol. The lowest BCUT2D eigenvalue weighted by Crippen LogP contribution is -2.44. The second-order valence-corrected chi connectivity index (χ2v) is 12.9. The van der Waals surface area contributed by atoms with Crippen LogP contribution in [0, 0.1) is 10.1 Å². The zero-order chi connectivity index (χ0) is 18.1. The zero-order valence-electron chi connectivity index (χ0n) is 14.2. The maximum absolute atomic E-state index is 12.2. The summed E-state index contributed by atoms with van der Waals surface area (Å²) in [6.45, 7) is 11.4. The van der Waals surface area contributed by atoms with Crippen LogP contribution in [0.15, 0.2) is 23.1 Å². The van der Waals surface area contributed by atoms with Crippen LogP contribution >= 0.6 is 0 Å². The summed E-state index contributed by atoms with van der Waals surface area (Å²) < 4.78 is 35.2. The summed E-state index contributed by atoms with van der Waals surface area (Å²) in [7, 11) is -6.41. The Bertz CT molecular complexity index is 694. The molecule has 1 aromatic rings. The molecule has 1 aromatic carbocycles. The summed E-state index contributed by atoms with van der Waals surface area (Å²) in [6.07, 6.45) is 0. The topological polar surface area (TPSA) is 95.7 Å². The fourth-order valence-electron chi connectivity index (χ4n) is 1.54. The Balaban J connectivity index is 3.48. The number of hydrogen-bond acceptors (Lipinski definition) is 6. The van der Waals surface area contributed by atoms with E-state index in [-0.39, 0.29) is 28.0 Å². The van der Waals surface area contributed by atoms with Crippen LogP contribution in [0.25, 0.3) is 0 Å². The smallest absolute Gasteiger partial charge is 0.300 e. The SMILES string of the molecule is CCOS(=O)(=O)c1ccc([N+](=O)[O-])cc1O[Si](C)(C)C(C)(C)C. The predicted molar refractivity (Wildman–Crippen MR) is 89.7 cm³/mol. The van der Waals surface area contributed by atoms with Gasteiger partial charge in [0.15, 0.2) is 0 Å². The van der Waals surface area contributed by atoms with Gasteiger partial charge in [-0.3, -0.25) is 14.3 Å². The molecule has 0 fully saturated rings. The number of rotatable bonds is 6. The molecule has 130 valence electrons. The second kappa shape index (κ2) is 6.58. The minimum Gasteiger partial charge on any atom is -0.542 e. The molecule has 1 rings (SSSR count). The van der Waals surface area contributed by atoms with E-state index in [1.165, 1.54) is 0 Å². The van der Waals surface area contributed by atoms with Gasteiger partial charge in [-0.2, -0.15) is 8.42 Å². The van der Waals surface area contributed by atoms with Crippen molar-refractivity contribution in [3.63, 3.8) is 0 Å². The first-order chi connectivity index (χ1) is 10.3. The highest BCUT2D eigenvalue weighted by atomic mass is 32.2. The van der Waals surface area contributed by atoms with Gasteiger partial charge in [-0.05, 0) is 31.1 Å². The van der Waals surface area contributed by atoms with Crippen LogP contribution in [-0.4, -0.2) is 28.3 Å². The van der Waals surface area contributed by atoms with Crippen molar-refractivity contribution in [3.8, 4) is 5.75 Å². The van der Waals surface area contributed by atoms with Crippen molar-refractivity contribution >= 4 is 24.1 Å². The van der Waals surface area contributed by atoms with Crippen LogP contribution in [0.5, 0.6) is 5.75 Å². The van der Waals surface area contributed by atoms with Crippen LogP contribution in [0.1, 0.15) is 27.7 Å². The Hall–Kier alpha value is -1.45. The Morgan fingerprint density at radius 2 is 1.83 bits per heavy atom. The first-order valence-electron chi connectivity index (χ1n) is 7.18. The first kappa shape index (κ1) is 19.6. The Morgan fingerprint density at radius 3 is 2.26 bits per heavy atom. The lowest BCUT2D eigenvalue weighted by atomic mass is 10.2. The highest BCUT2D eigenvalue weighted by Crippen LogP contribution is 2.40. The van der Waals surface area contributed by atoms with Gasteiger partial charge >= 0.3 is 10.1 Å². The monoisotopic (exact) mass is 361 g/mol. The molecule has 7 nitrogen and oxygen atoms in total. The molecule has 0 amide bonds. The third-order valence-electron chi connectivity index (χ3n) is 3.85. The molecule has 0 aliphatic heterocycles. The molecule has 0 saturated carbocycles. The largest absolute Gasteiger partial charge is 0.542 e. The van der Waals surface area contributed by atoms with Crippen LogP contribution in [0.2, 0.25) is 18.1 Å². The molecule has 0 spiro atoms. The molecule has 0 aromatic heterocycles. The van der Waals surface area contributed by atoms with E-state index in [1.807, 2.05) is 33.9 Å². The Labute approximate surface area is 138 Å². The van der Waals surface area contributed by atoms with E-state index >= 15 is 0 Å². The molecule has 0 N–H and O–H groups in total. The molecule has 0 aliphatic rings. The van der Waals surface area contributed by atoms with Gasteiger partial charge in [0, 0.05) is 6.07 Å². The Morgan fingerprint density at radius 1 is 1.26 bits per heavy atom. The fraction of sp³-hybridized carbons (Fsp3) is 0.571. The average molecular weight is 361 g/mol. The van der Waals surface area contributed by atoms with Crippen molar-refractivity contribution in [3.05, 3.63) is 28.3 Å². The Kier molecular flexibility index (Phi) is 5.60. The van der Waals surface area contributed by atoms with Gasteiger partial charge in [0.25, 0.3) is 14.0 Å². The van der Waals surface area contributed by atoms with Crippen molar-refractivity contribution in [2.24, 2.45) is 0 Å². The average Bonchev–Trinajstić information content (AvgIpc) is 2.36. The van der Waals surface area contributed by atoms with Gasteiger partial charge in [0.05, 0.1) is 17.6 Å². The standard InChI is InChI=1S/C14H23NO6SSi/c1-7-20-22(18,19)13-9-8-11(15(16)17)10-12(13)21-23(5,6)14(2,3)4/h8-10H,7H2,1-6H3. The molecule has 0 heterocycles. The molecule has 23 heavy (non-hydrogen) atoms. The van der Waals surface area contributed by atoms with Crippen molar-refractivity contribution in [2.45, 2.75) is 50.7 Å². The lowest BCUT2D eigenvalue weighted by Gasteiger charge is -2.36. The number of benzene rings is 1. The summed E-state index contributed by atoms with van der Waals surface area (Å²) in [4.78, 5) is 10.2. The summed E-state index contributed by atoms with van der Waals surface area (Å²) in [5.74, 6) is -0.0285. The summed E-state index contributed by atoms with van der Waals surface area (Å²) in [5, 5.41) is 10.8. The maximum atomic E-state index is 12.2. The number of nitro benzene ring substituents is 1. The van der Waals surface area contributed by atoms with Crippen molar-refractivity contribution in [1.82, 2.24) is 0 Å². The fourth-order valence-corrected chi connectivity index (χ4v) is 3.66. The lowest BCUT2D eigenvalue weighted by molar-refractivity contribution is -0.385. The van der Waals surface area contributed by atoms with Gasteiger partial charge in [0.2, 0.25) is 0 Å². The molecule has 0 bridgehead atoms. The van der Waals surface area contributed by atoms with Crippen molar-refractivity contribution in [1.29, 1.82) is 0 Å². The quantitative estimate of drug-likeness (QED) is 0.332. The summed E-state index contributed by atoms with van der Waals surface area (Å²) in [6, 6.07) is 3.43. The third kappa shape index (κ3) is 4.52. The van der Waals surface area contributed by atoms with E-state index < -0.39 is 23.4 Å². The second-order valence-electron chi connectivity index (χ2n) is 6.61. The molecule has 9 heteroatoms. The van der Waals surface area contributed by atoms with E-state index in [9.17, 15) is 18.5 Å². The van der Waals surface area contributed by atoms with E-state index in [0.717, 1.165) is 18.2 Å². The van der Waals surface area contributed by atoms with Crippen molar-refractivity contribution in [2.75, 3.05) is 6.61 Å². The molecule has 0 saturated heterocycles. The van der Waals surface area contributed by atoms with E-state index in [4.69, 9.17) is 8.61 Å². The minimum atomic E-state index is -4.03. The van der Waals surface area contributed by atoms with Gasteiger partial charge < -0.3 is 4.43 Å². The number of nitrogens with zero attached hydrogens (tertiary/aromatic N) is 1. The third-order valence-corrected chi connectivity index (χ3v) is 9.62. The van der Waals surface area contributed by atoms with E-state index in [2.05, 4.69) is 0 Å². The normalized spacial score (nSPS) is 13.0. The first-order valence-corrected chi connectivity index (χ1v) is 11.5. The minimum absolute atomic E-state index is 0.0285. The zero-order valence-corrected chi connectivity index (χ0v) is 16.1. The van der Waals surface area contributed by atoms with Crippen molar-refractivity contribution < 1.29 is 22.0 Å². The van der Waals surface area contributed by atoms with Crippen LogP contribution in [0.3, 0.4) is 0 Å². The van der Waals surface area contributed by atoms with Crippen LogP contribution < -0.4 is 4.43 Å². The summed E-state index contributed by atoms with van der Waals surface area (Å²) >= 11 is 0. The molecule has 0 aliphatic carbocycles. The molecular formula is C14H23NO6SSi. The highest BCUT2D eigenvalue weighted by molar-refractivity contribution is 7.86. The van der Waals surface area contributed by atoms with E-state index in [0.29, 0.717) is 0 Å². The van der Waals surface area contributed by atoms with Gasteiger partial charge in [-0.25, -0.2) is 0 Å². The van der Waals surface area contributed by atoms with Crippen LogP contribution in [0.4, 0.5) is 5.69 Å².